The van der Waals surface area contributed by atoms with E-state index in [4.69, 9.17) is 14.2 Å². The van der Waals surface area contributed by atoms with Gasteiger partial charge in [-0.2, -0.15) is 35.3 Å². The van der Waals surface area contributed by atoms with E-state index >= 15 is 0 Å². The Hall–Kier alpha value is -0.540. The van der Waals surface area contributed by atoms with Crippen LogP contribution in [0.1, 0.15) is 236 Å². The van der Waals surface area contributed by atoms with Crippen molar-refractivity contribution in [2.24, 2.45) is 0 Å². The Balaban J connectivity index is 2.57. The standard InChI is InChI=1S/C48H93N3O3S3/c1-10-13-16-19-22-25-28-34-46(4,5)55-40-31-37-52-43-49-44(53-38-32-41-56-47(6,7)35-29-26-23-20-17-14-11-2)51-45(50-43)54-39-33-42-57-48(8,9)36-30-27-24-21-18-15-12-3/h10-42H2,1-9H3. The van der Waals surface area contributed by atoms with Crippen LogP contribution in [0.2, 0.25) is 0 Å². The predicted octanol–water partition coefficient (Wildman–Crippen LogP) is 16.1. The summed E-state index contributed by atoms with van der Waals surface area (Å²) >= 11 is 6.17. The molecule has 0 aromatic carbocycles. The molecule has 0 aliphatic heterocycles. The number of thioether (sulfide) groups is 3. The van der Waals surface area contributed by atoms with Crippen molar-refractivity contribution in [1.29, 1.82) is 0 Å². The van der Waals surface area contributed by atoms with E-state index in [0.717, 1.165) is 36.5 Å². The van der Waals surface area contributed by atoms with E-state index in [1.165, 1.54) is 154 Å². The van der Waals surface area contributed by atoms with Crippen LogP contribution in [0.5, 0.6) is 18.0 Å². The molecule has 0 unspecified atom stereocenters. The third-order valence-electron chi connectivity index (χ3n) is 10.8. The molecule has 0 radical (unpaired) electrons. The van der Waals surface area contributed by atoms with Crippen molar-refractivity contribution in [2.75, 3.05) is 37.1 Å². The predicted molar refractivity (Wildman–Crippen MR) is 258 cm³/mol. The minimum absolute atomic E-state index is 0.293. The number of hydrogen-bond acceptors (Lipinski definition) is 9. The summed E-state index contributed by atoms with van der Waals surface area (Å²) in [6, 6.07) is 0.910. The van der Waals surface area contributed by atoms with Crippen molar-refractivity contribution in [2.45, 2.75) is 250 Å². The molecule has 1 aromatic rings. The molecule has 336 valence electrons. The van der Waals surface area contributed by atoms with Crippen molar-refractivity contribution in [1.82, 2.24) is 15.0 Å². The van der Waals surface area contributed by atoms with Crippen LogP contribution in [0.4, 0.5) is 0 Å². The smallest absolute Gasteiger partial charge is 0.325 e. The van der Waals surface area contributed by atoms with Crippen LogP contribution in [-0.2, 0) is 0 Å². The van der Waals surface area contributed by atoms with E-state index in [2.05, 4.69) is 113 Å². The summed E-state index contributed by atoms with van der Waals surface area (Å²) in [5.41, 5.74) is 0. The van der Waals surface area contributed by atoms with Crippen LogP contribution in [0.15, 0.2) is 0 Å². The Morgan fingerprint density at radius 3 is 0.807 bits per heavy atom. The van der Waals surface area contributed by atoms with Crippen molar-refractivity contribution < 1.29 is 14.2 Å². The third-order valence-corrected chi connectivity index (χ3v) is 15.2. The lowest BCUT2D eigenvalue weighted by Gasteiger charge is -2.24. The van der Waals surface area contributed by atoms with Crippen molar-refractivity contribution in [3.8, 4) is 18.0 Å². The van der Waals surface area contributed by atoms with Gasteiger partial charge in [-0.1, -0.05) is 197 Å². The van der Waals surface area contributed by atoms with Gasteiger partial charge in [-0.05, 0) is 55.8 Å². The molecule has 0 aliphatic rings. The highest BCUT2D eigenvalue weighted by atomic mass is 32.2. The topological polar surface area (TPSA) is 66.4 Å². The Kier molecular flexibility index (Phi) is 33.5. The van der Waals surface area contributed by atoms with E-state index < -0.39 is 0 Å². The van der Waals surface area contributed by atoms with Gasteiger partial charge in [0.1, 0.15) is 0 Å². The Bertz CT molecular complexity index is 918. The van der Waals surface area contributed by atoms with Gasteiger partial charge in [0.25, 0.3) is 0 Å². The minimum Gasteiger partial charge on any atom is -0.463 e. The number of ether oxygens (including phenoxy) is 3. The van der Waals surface area contributed by atoms with Gasteiger partial charge in [-0.25, -0.2) is 0 Å². The number of rotatable bonds is 42. The fraction of sp³-hybridized carbons (Fsp3) is 0.938. The molecule has 0 spiro atoms. The Labute approximate surface area is 367 Å². The zero-order chi connectivity index (χ0) is 41.9. The molecule has 0 atom stereocenters. The average Bonchev–Trinajstić information content (AvgIpc) is 3.16. The molecule has 0 N–H and O–H groups in total. The summed E-state index contributed by atoms with van der Waals surface area (Å²) in [6.07, 6.45) is 35.3. The molecule has 0 saturated carbocycles. The van der Waals surface area contributed by atoms with Crippen LogP contribution < -0.4 is 14.2 Å². The summed E-state index contributed by atoms with van der Waals surface area (Å²) in [5, 5.41) is 0. The van der Waals surface area contributed by atoms with Crippen molar-refractivity contribution in [3.63, 3.8) is 0 Å². The van der Waals surface area contributed by atoms with E-state index in [-0.39, 0.29) is 0 Å². The van der Waals surface area contributed by atoms with Gasteiger partial charge in [0.15, 0.2) is 0 Å². The molecule has 1 aromatic heterocycles. The fourth-order valence-electron chi connectivity index (χ4n) is 6.97. The highest BCUT2D eigenvalue weighted by molar-refractivity contribution is 8.01. The molecule has 1 rings (SSSR count). The Morgan fingerprint density at radius 1 is 0.333 bits per heavy atom. The quantitative estimate of drug-likeness (QED) is 0.0598. The van der Waals surface area contributed by atoms with Gasteiger partial charge in [0.2, 0.25) is 0 Å². The largest absolute Gasteiger partial charge is 0.463 e. The first-order valence-electron chi connectivity index (χ1n) is 24.0. The fourth-order valence-corrected chi connectivity index (χ4v) is 10.3. The van der Waals surface area contributed by atoms with Gasteiger partial charge in [-0.3, -0.25) is 0 Å². The van der Waals surface area contributed by atoms with Crippen molar-refractivity contribution >= 4 is 35.3 Å². The summed E-state index contributed by atoms with van der Waals surface area (Å²) in [7, 11) is 0. The van der Waals surface area contributed by atoms with Crippen LogP contribution in [0.25, 0.3) is 0 Å². The monoisotopic (exact) mass is 856 g/mol. The summed E-state index contributed by atoms with van der Waals surface area (Å²) < 4.78 is 19.2. The molecule has 9 heteroatoms. The third kappa shape index (κ3) is 33.8. The number of aromatic nitrogens is 3. The van der Waals surface area contributed by atoms with E-state index in [1.807, 2.05) is 0 Å². The summed E-state index contributed by atoms with van der Waals surface area (Å²) in [4.78, 5) is 13.6. The van der Waals surface area contributed by atoms with Crippen LogP contribution in [0.3, 0.4) is 0 Å². The maximum atomic E-state index is 6.10. The molecular weight excluding hydrogens is 763 g/mol. The second-order valence-corrected chi connectivity index (χ2v) is 23.6. The average molecular weight is 856 g/mol. The van der Waals surface area contributed by atoms with Crippen LogP contribution >= 0.6 is 35.3 Å². The highest BCUT2D eigenvalue weighted by Crippen LogP contribution is 2.33. The van der Waals surface area contributed by atoms with Crippen LogP contribution in [0, 0.1) is 0 Å². The lowest BCUT2D eigenvalue weighted by Crippen LogP contribution is -2.16. The first-order chi connectivity index (χ1) is 27.4. The first kappa shape index (κ1) is 54.5. The van der Waals surface area contributed by atoms with Crippen molar-refractivity contribution in [3.05, 3.63) is 0 Å². The molecule has 0 aliphatic carbocycles. The zero-order valence-electron chi connectivity index (χ0n) is 39.1. The van der Waals surface area contributed by atoms with Gasteiger partial charge in [0.05, 0.1) is 19.8 Å². The molecule has 0 amide bonds. The number of nitrogens with zero attached hydrogens (tertiary/aromatic N) is 3. The maximum Gasteiger partial charge on any atom is 0.325 e. The zero-order valence-corrected chi connectivity index (χ0v) is 41.6. The SMILES string of the molecule is CCCCCCCCCC(C)(C)SCCCOc1nc(OCCCSC(C)(C)CCCCCCCCC)nc(OCCCSC(C)(C)CCCCCCCCC)n1. The maximum absolute atomic E-state index is 6.10. The number of hydrogen-bond donors (Lipinski definition) is 0. The summed E-state index contributed by atoms with van der Waals surface area (Å²) in [5.74, 6) is 3.17. The molecule has 0 bridgehead atoms. The lowest BCUT2D eigenvalue weighted by atomic mass is 10.0. The lowest BCUT2D eigenvalue weighted by molar-refractivity contribution is 0.236. The Morgan fingerprint density at radius 2 is 0.561 bits per heavy atom. The molecule has 6 nitrogen and oxygen atoms in total. The van der Waals surface area contributed by atoms with E-state index in [1.54, 1.807) is 0 Å². The van der Waals surface area contributed by atoms with Gasteiger partial charge < -0.3 is 14.2 Å². The summed E-state index contributed by atoms with van der Waals surface area (Å²) in [6.45, 7) is 22.9. The molecular formula is C48H93N3O3S3. The second kappa shape index (κ2) is 35.1. The van der Waals surface area contributed by atoms with Gasteiger partial charge in [-0.15, -0.1) is 15.0 Å². The van der Waals surface area contributed by atoms with E-state index in [9.17, 15) is 0 Å². The molecule has 0 saturated heterocycles. The molecule has 57 heavy (non-hydrogen) atoms. The van der Waals surface area contributed by atoms with Gasteiger partial charge in [0, 0.05) is 14.2 Å². The normalized spacial score (nSPS) is 12.4. The van der Waals surface area contributed by atoms with Gasteiger partial charge >= 0.3 is 18.0 Å². The molecule has 0 fully saturated rings. The van der Waals surface area contributed by atoms with E-state index in [0.29, 0.717) is 52.1 Å². The minimum atomic E-state index is 0.293. The first-order valence-corrected chi connectivity index (χ1v) is 26.9. The molecule has 1 heterocycles. The highest BCUT2D eigenvalue weighted by Gasteiger charge is 2.20. The second-order valence-electron chi connectivity index (χ2n) is 18.2. The number of unbranched alkanes of at least 4 members (excludes halogenated alkanes) is 18. The van der Waals surface area contributed by atoms with Crippen LogP contribution in [-0.4, -0.2) is 66.3 Å².